The summed E-state index contributed by atoms with van der Waals surface area (Å²) in [7, 11) is 0. The zero-order valence-electron chi connectivity index (χ0n) is 14.3. The van der Waals surface area contributed by atoms with E-state index in [1.165, 1.54) is 0 Å². The lowest BCUT2D eigenvalue weighted by Gasteiger charge is -2.14. The van der Waals surface area contributed by atoms with Crippen LogP contribution in [0.4, 0.5) is 0 Å². The molecule has 0 saturated heterocycles. The molecule has 6 heteroatoms. The first-order valence-electron chi connectivity index (χ1n) is 8.56. The fraction of sp³-hybridized carbons (Fsp3) is 0.250. The van der Waals surface area contributed by atoms with Crippen molar-refractivity contribution < 1.29 is 14.7 Å². The van der Waals surface area contributed by atoms with E-state index in [1.54, 1.807) is 12.5 Å². The highest BCUT2D eigenvalue weighted by atomic mass is 16.4. The minimum atomic E-state index is -0.910. The van der Waals surface area contributed by atoms with Crippen LogP contribution in [0.3, 0.4) is 0 Å². The zero-order valence-corrected chi connectivity index (χ0v) is 14.3. The molecule has 0 radical (unpaired) electrons. The molecule has 3 rings (SSSR count). The van der Waals surface area contributed by atoms with E-state index in [1.807, 2.05) is 42.5 Å². The molecule has 0 bridgehead atoms. The first kappa shape index (κ1) is 17.7. The van der Waals surface area contributed by atoms with Crippen LogP contribution in [0.15, 0.2) is 55.0 Å². The van der Waals surface area contributed by atoms with Gasteiger partial charge in [0.2, 0.25) is 5.91 Å². The van der Waals surface area contributed by atoms with E-state index in [0.29, 0.717) is 19.3 Å². The number of nitrogens with one attached hydrogen (secondary N) is 2. The third-order valence-corrected chi connectivity index (χ3v) is 4.37. The number of H-pyrrole nitrogens is 1. The van der Waals surface area contributed by atoms with Crippen molar-refractivity contribution in [1.82, 2.24) is 15.3 Å². The molecule has 1 aromatic heterocycles. The molecule has 134 valence electrons. The molecule has 0 spiro atoms. The van der Waals surface area contributed by atoms with Crippen LogP contribution in [-0.4, -0.2) is 33.5 Å². The van der Waals surface area contributed by atoms with Crippen LogP contribution in [0.25, 0.3) is 10.8 Å². The van der Waals surface area contributed by atoms with Crippen LogP contribution in [0, 0.1) is 5.92 Å². The number of aromatic amines is 1. The molecular formula is C20H21N3O3. The van der Waals surface area contributed by atoms with Crippen LogP contribution < -0.4 is 5.32 Å². The highest BCUT2D eigenvalue weighted by Crippen LogP contribution is 2.18. The maximum Gasteiger partial charge on any atom is 0.308 e. The van der Waals surface area contributed by atoms with Crippen molar-refractivity contribution in [2.24, 2.45) is 5.92 Å². The number of hydrogen-bond donors (Lipinski definition) is 3. The maximum absolute atomic E-state index is 12.0. The predicted molar refractivity (Wildman–Crippen MR) is 98.7 cm³/mol. The fourth-order valence-electron chi connectivity index (χ4n) is 2.89. The number of aryl methyl sites for hydroxylation is 1. The molecule has 1 unspecified atom stereocenters. The number of aromatic nitrogens is 2. The first-order valence-corrected chi connectivity index (χ1v) is 8.56. The summed E-state index contributed by atoms with van der Waals surface area (Å²) in [5.41, 5.74) is 1.83. The van der Waals surface area contributed by atoms with Crippen molar-refractivity contribution in [1.29, 1.82) is 0 Å². The molecule has 3 N–H and O–H groups in total. The van der Waals surface area contributed by atoms with Crippen LogP contribution in [-0.2, 0) is 22.4 Å². The Kier molecular flexibility index (Phi) is 5.63. The third-order valence-electron chi connectivity index (χ3n) is 4.37. The van der Waals surface area contributed by atoms with Crippen molar-refractivity contribution in [3.8, 4) is 0 Å². The second-order valence-corrected chi connectivity index (χ2v) is 6.30. The first-order chi connectivity index (χ1) is 12.6. The Morgan fingerprint density at radius 1 is 1.15 bits per heavy atom. The summed E-state index contributed by atoms with van der Waals surface area (Å²) in [6.45, 7) is 0.115. The molecule has 0 aliphatic rings. The van der Waals surface area contributed by atoms with Gasteiger partial charge in [-0.15, -0.1) is 0 Å². The Labute approximate surface area is 151 Å². The topological polar surface area (TPSA) is 95.1 Å². The Morgan fingerprint density at radius 2 is 1.96 bits per heavy atom. The standard InChI is InChI=1S/C20H21N3O3/c24-19(8-7-18-12-21-13-23-18)22-11-17(20(25)26)10-14-5-6-15-3-1-2-4-16(15)9-14/h1-6,9,12-13,17H,7-8,10-11H2,(H,21,23)(H,22,24)(H,25,26). The Bertz CT molecular complexity index is 890. The molecule has 6 nitrogen and oxygen atoms in total. The summed E-state index contributed by atoms with van der Waals surface area (Å²) in [5, 5.41) is 14.4. The smallest absolute Gasteiger partial charge is 0.308 e. The van der Waals surface area contributed by atoms with Gasteiger partial charge in [0.1, 0.15) is 0 Å². The van der Waals surface area contributed by atoms with Gasteiger partial charge in [0.25, 0.3) is 0 Å². The van der Waals surface area contributed by atoms with Crippen molar-refractivity contribution in [2.75, 3.05) is 6.54 Å². The lowest BCUT2D eigenvalue weighted by Crippen LogP contribution is -2.34. The minimum absolute atomic E-state index is 0.115. The number of amides is 1. The number of fused-ring (bicyclic) bond motifs is 1. The monoisotopic (exact) mass is 351 g/mol. The van der Waals surface area contributed by atoms with E-state index in [0.717, 1.165) is 22.0 Å². The van der Waals surface area contributed by atoms with Crippen molar-refractivity contribution in [3.05, 3.63) is 66.2 Å². The van der Waals surface area contributed by atoms with Crippen molar-refractivity contribution >= 4 is 22.6 Å². The van der Waals surface area contributed by atoms with Gasteiger partial charge < -0.3 is 15.4 Å². The summed E-state index contributed by atoms with van der Waals surface area (Å²) >= 11 is 0. The Hall–Kier alpha value is -3.15. The van der Waals surface area contributed by atoms with Gasteiger partial charge in [0.05, 0.1) is 12.2 Å². The highest BCUT2D eigenvalue weighted by Gasteiger charge is 2.19. The number of aliphatic carboxylic acids is 1. The maximum atomic E-state index is 12.0. The Balaban J connectivity index is 1.56. The normalized spacial score (nSPS) is 12.0. The number of imidazole rings is 1. The fourth-order valence-corrected chi connectivity index (χ4v) is 2.89. The van der Waals surface area contributed by atoms with Crippen LogP contribution in [0.5, 0.6) is 0 Å². The molecule has 1 amide bonds. The lowest BCUT2D eigenvalue weighted by atomic mass is 9.97. The molecule has 0 aliphatic carbocycles. The minimum Gasteiger partial charge on any atom is -0.481 e. The second-order valence-electron chi connectivity index (χ2n) is 6.30. The van der Waals surface area contributed by atoms with Gasteiger partial charge in [-0.1, -0.05) is 42.5 Å². The average Bonchev–Trinajstić information content (AvgIpc) is 3.16. The van der Waals surface area contributed by atoms with Crippen molar-refractivity contribution in [2.45, 2.75) is 19.3 Å². The van der Waals surface area contributed by atoms with E-state index in [2.05, 4.69) is 15.3 Å². The molecule has 0 fully saturated rings. The molecule has 26 heavy (non-hydrogen) atoms. The number of carbonyl (C=O) groups excluding carboxylic acids is 1. The van der Waals surface area contributed by atoms with Gasteiger partial charge >= 0.3 is 5.97 Å². The van der Waals surface area contributed by atoms with Crippen LogP contribution in [0.1, 0.15) is 17.7 Å². The summed E-state index contributed by atoms with van der Waals surface area (Å²) in [5.74, 6) is -1.73. The van der Waals surface area contributed by atoms with E-state index in [4.69, 9.17) is 0 Å². The van der Waals surface area contributed by atoms with Crippen LogP contribution >= 0.6 is 0 Å². The van der Waals surface area contributed by atoms with E-state index in [-0.39, 0.29) is 12.5 Å². The molecule has 0 aliphatic heterocycles. The van der Waals surface area contributed by atoms with Gasteiger partial charge in [-0.2, -0.15) is 0 Å². The third kappa shape index (κ3) is 4.69. The van der Waals surface area contributed by atoms with Crippen LogP contribution in [0.2, 0.25) is 0 Å². The predicted octanol–water partition coefficient (Wildman–Crippen LogP) is 2.56. The second kappa shape index (κ2) is 8.29. The largest absolute Gasteiger partial charge is 0.481 e. The van der Waals surface area contributed by atoms with E-state index < -0.39 is 11.9 Å². The average molecular weight is 351 g/mol. The zero-order chi connectivity index (χ0) is 18.4. The van der Waals surface area contributed by atoms with Crippen molar-refractivity contribution in [3.63, 3.8) is 0 Å². The molecule has 1 heterocycles. The highest BCUT2D eigenvalue weighted by molar-refractivity contribution is 5.83. The van der Waals surface area contributed by atoms with Gasteiger partial charge in [0.15, 0.2) is 0 Å². The summed E-state index contributed by atoms with van der Waals surface area (Å²) in [4.78, 5) is 30.4. The molecular weight excluding hydrogens is 330 g/mol. The number of rotatable bonds is 8. The SMILES string of the molecule is O=C(CCc1cnc[nH]1)NCC(Cc1ccc2ccccc2c1)C(=O)O. The van der Waals surface area contributed by atoms with Gasteiger partial charge in [-0.25, -0.2) is 4.98 Å². The molecule has 0 saturated carbocycles. The number of benzene rings is 2. The Morgan fingerprint density at radius 3 is 2.69 bits per heavy atom. The molecule has 1 atom stereocenters. The van der Waals surface area contributed by atoms with E-state index in [9.17, 15) is 14.7 Å². The van der Waals surface area contributed by atoms with E-state index >= 15 is 0 Å². The summed E-state index contributed by atoms with van der Waals surface area (Å²) in [6.07, 6.45) is 4.46. The number of hydrogen-bond acceptors (Lipinski definition) is 3. The van der Waals surface area contributed by atoms with Gasteiger partial charge in [-0.3, -0.25) is 9.59 Å². The number of carboxylic acid groups (broad SMARTS) is 1. The lowest BCUT2D eigenvalue weighted by molar-refractivity contribution is -0.141. The molecule has 2 aromatic carbocycles. The quantitative estimate of drug-likeness (QED) is 0.581. The van der Waals surface area contributed by atoms with Gasteiger partial charge in [-0.05, 0) is 29.2 Å². The number of carbonyl (C=O) groups is 2. The van der Waals surface area contributed by atoms with Gasteiger partial charge in [0, 0.05) is 24.9 Å². The summed E-state index contributed by atoms with van der Waals surface area (Å²) in [6, 6.07) is 13.9. The molecule has 3 aromatic rings. The summed E-state index contributed by atoms with van der Waals surface area (Å²) < 4.78 is 0. The number of nitrogens with zero attached hydrogens (tertiary/aromatic N) is 1. The number of carboxylic acids is 1.